The zero-order chi connectivity index (χ0) is 13.1. The highest BCUT2D eigenvalue weighted by Gasteiger charge is 2.23. The lowest BCUT2D eigenvalue weighted by Crippen LogP contribution is -2.19. The summed E-state index contributed by atoms with van der Waals surface area (Å²) in [6.45, 7) is 3.20. The van der Waals surface area contributed by atoms with Crippen LogP contribution in [0.3, 0.4) is 0 Å². The van der Waals surface area contributed by atoms with Crippen molar-refractivity contribution in [3.63, 3.8) is 0 Å². The maximum absolute atomic E-state index is 12.9. The Morgan fingerprint density at radius 2 is 1.74 bits per heavy atom. The lowest BCUT2D eigenvalue weighted by Gasteiger charge is -2.16. The molecule has 1 atom stereocenters. The second-order valence-corrected chi connectivity index (χ2v) is 5.26. The van der Waals surface area contributed by atoms with Gasteiger partial charge in [0.15, 0.2) is 0 Å². The fraction of sp³-hybridized carbons (Fsp3) is 0.294. The lowest BCUT2D eigenvalue weighted by molar-refractivity contribution is 0.327. The first-order chi connectivity index (χ1) is 9.31. The van der Waals surface area contributed by atoms with Gasteiger partial charge < -0.3 is 0 Å². The Balaban J connectivity index is 1.62. The van der Waals surface area contributed by atoms with Gasteiger partial charge in [-0.15, -0.1) is 0 Å². The van der Waals surface area contributed by atoms with Gasteiger partial charge in [0.05, 0.1) is 0 Å². The monoisotopic (exact) mass is 255 g/mol. The van der Waals surface area contributed by atoms with E-state index in [2.05, 4.69) is 35.2 Å². The number of hydrogen-bond acceptors (Lipinski definition) is 1. The average Bonchev–Trinajstić information content (AvgIpc) is 2.89. The fourth-order valence-corrected chi connectivity index (χ4v) is 2.82. The summed E-state index contributed by atoms with van der Waals surface area (Å²) in [6.07, 6.45) is 1.17. The minimum atomic E-state index is -0.150. The molecule has 1 nitrogen and oxygen atoms in total. The fourth-order valence-electron chi connectivity index (χ4n) is 2.82. The van der Waals surface area contributed by atoms with Crippen molar-refractivity contribution in [1.82, 2.24) is 4.90 Å². The van der Waals surface area contributed by atoms with Crippen molar-refractivity contribution in [2.45, 2.75) is 18.9 Å². The van der Waals surface area contributed by atoms with Crippen LogP contribution in [0.2, 0.25) is 0 Å². The molecule has 2 heteroatoms. The van der Waals surface area contributed by atoms with Crippen molar-refractivity contribution in [2.24, 2.45) is 0 Å². The van der Waals surface area contributed by atoms with Crippen molar-refractivity contribution < 1.29 is 4.39 Å². The molecule has 1 unspecified atom stereocenters. The predicted octanol–water partition coefficient (Wildman–Crippen LogP) is 3.82. The standard InChI is InChI=1S/C17H18FN/c18-17-8-6-15(7-9-17)16-10-11-19(13-16)12-14-4-2-1-3-5-14/h1-9,16H,10-13H2. The Morgan fingerprint density at radius 3 is 2.47 bits per heavy atom. The number of hydrogen-bond donors (Lipinski definition) is 0. The van der Waals surface area contributed by atoms with Crippen LogP contribution < -0.4 is 0 Å². The number of rotatable bonds is 3. The van der Waals surface area contributed by atoms with Gasteiger partial charge in [-0.1, -0.05) is 42.5 Å². The van der Waals surface area contributed by atoms with Crippen LogP contribution in [0.1, 0.15) is 23.5 Å². The SMILES string of the molecule is Fc1ccc(C2CCN(Cc3ccccc3)C2)cc1. The number of nitrogens with zero attached hydrogens (tertiary/aromatic N) is 1. The van der Waals surface area contributed by atoms with Crippen LogP contribution in [-0.2, 0) is 6.54 Å². The van der Waals surface area contributed by atoms with Gasteiger partial charge in [-0.25, -0.2) is 4.39 Å². The smallest absolute Gasteiger partial charge is 0.123 e. The maximum atomic E-state index is 12.9. The first-order valence-electron chi connectivity index (χ1n) is 6.83. The number of halogens is 1. The molecular weight excluding hydrogens is 237 g/mol. The Hall–Kier alpha value is -1.67. The van der Waals surface area contributed by atoms with E-state index in [4.69, 9.17) is 0 Å². The average molecular weight is 255 g/mol. The second-order valence-electron chi connectivity index (χ2n) is 5.26. The number of likely N-dealkylation sites (tertiary alicyclic amines) is 1. The lowest BCUT2D eigenvalue weighted by atomic mass is 9.99. The van der Waals surface area contributed by atoms with E-state index in [1.807, 2.05) is 12.1 Å². The van der Waals surface area contributed by atoms with E-state index in [9.17, 15) is 4.39 Å². The second kappa shape index (κ2) is 5.54. The molecule has 0 saturated carbocycles. The third-order valence-corrected chi connectivity index (χ3v) is 3.86. The van der Waals surface area contributed by atoms with Gasteiger partial charge in [0.25, 0.3) is 0 Å². The number of benzene rings is 2. The van der Waals surface area contributed by atoms with Crippen LogP contribution in [0.25, 0.3) is 0 Å². The molecule has 0 aromatic heterocycles. The molecule has 98 valence electrons. The van der Waals surface area contributed by atoms with Gasteiger partial charge in [-0.05, 0) is 42.1 Å². The topological polar surface area (TPSA) is 3.24 Å². The summed E-state index contributed by atoms with van der Waals surface area (Å²) in [6, 6.07) is 17.5. The van der Waals surface area contributed by atoms with Gasteiger partial charge in [-0.2, -0.15) is 0 Å². The summed E-state index contributed by atoms with van der Waals surface area (Å²) in [5.74, 6) is 0.396. The highest BCUT2D eigenvalue weighted by molar-refractivity contribution is 5.22. The molecule has 0 radical (unpaired) electrons. The maximum Gasteiger partial charge on any atom is 0.123 e. The van der Waals surface area contributed by atoms with Gasteiger partial charge in [0.1, 0.15) is 5.82 Å². The zero-order valence-electron chi connectivity index (χ0n) is 10.9. The Morgan fingerprint density at radius 1 is 1.00 bits per heavy atom. The largest absolute Gasteiger partial charge is 0.298 e. The molecule has 2 aromatic rings. The third-order valence-electron chi connectivity index (χ3n) is 3.86. The summed E-state index contributed by atoms with van der Waals surface area (Å²) < 4.78 is 12.9. The Labute approximate surface area is 113 Å². The Kier molecular flexibility index (Phi) is 3.60. The van der Waals surface area contributed by atoms with Crippen molar-refractivity contribution >= 4 is 0 Å². The van der Waals surface area contributed by atoms with Crippen LogP contribution in [0.4, 0.5) is 4.39 Å². The molecule has 0 N–H and O–H groups in total. The predicted molar refractivity (Wildman–Crippen MR) is 75.5 cm³/mol. The highest BCUT2D eigenvalue weighted by Crippen LogP contribution is 2.28. The van der Waals surface area contributed by atoms with E-state index in [1.54, 1.807) is 12.1 Å². The van der Waals surface area contributed by atoms with E-state index >= 15 is 0 Å². The van der Waals surface area contributed by atoms with Crippen molar-refractivity contribution in [3.8, 4) is 0 Å². The zero-order valence-corrected chi connectivity index (χ0v) is 10.9. The van der Waals surface area contributed by atoms with Crippen LogP contribution in [-0.4, -0.2) is 18.0 Å². The van der Waals surface area contributed by atoms with Gasteiger partial charge >= 0.3 is 0 Å². The molecule has 0 amide bonds. The van der Waals surface area contributed by atoms with E-state index < -0.39 is 0 Å². The molecule has 0 spiro atoms. The minimum absolute atomic E-state index is 0.150. The van der Waals surface area contributed by atoms with Crippen LogP contribution in [0, 0.1) is 5.82 Å². The summed E-state index contributed by atoms with van der Waals surface area (Å²) >= 11 is 0. The normalized spacial score (nSPS) is 19.7. The molecular formula is C17H18FN. The molecule has 1 heterocycles. The molecule has 1 fully saturated rings. The highest BCUT2D eigenvalue weighted by atomic mass is 19.1. The van der Waals surface area contributed by atoms with Gasteiger partial charge in [0.2, 0.25) is 0 Å². The first-order valence-corrected chi connectivity index (χ1v) is 6.83. The summed E-state index contributed by atoms with van der Waals surface area (Å²) in [5.41, 5.74) is 2.62. The van der Waals surface area contributed by atoms with E-state index in [-0.39, 0.29) is 5.82 Å². The van der Waals surface area contributed by atoms with Crippen molar-refractivity contribution in [2.75, 3.05) is 13.1 Å². The van der Waals surface area contributed by atoms with Gasteiger partial charge in [-0.3, -0.25) is 4.90 Å². The van der Waals surface area contributed by atoms with Crippen LogP contribution in [0.15, 0.2) is 54.6 Å². The third kappa shape index (κ3) is 3.02. The molecule has 1 saturated heterocycles. The quantitative estimate of drug-likeness (QED) is 0.806. The van der Waals surface area contributed by atoms with E-state index in [1.165, 1.54) is 17.5 Å². The minimum Gasteiger partial charge on any atom is -0.298 e. The molecule has 1 aliphatic heterocycles. The van der Waals surface area contributed by atoms with Crippen LogP contribution in [0.5, 0.6) is 0 Å². The Bertz CT molecular complexity index is 521. The van der Waals surface area contributed by atoms with Crippen molar-refractivity contribution in [1.29, 1.82) is 0 Å². The molecule has 2 aromatic carbocycles. The first kappa shape index (κ1) is 12.4. The molecule has 0 bridgehead atoms. The van der Waals surface area contributed by atoms with Gasteiger partial charge in [0, 0.05) is 13.1 Å². The molecule has 1 aliphatic rings. The molecule has 19 heavy (non-hydrogen) atoms. The summed E-state index contributed by atoms with van der Waals surface area (Å²) in [5, 5.41) is 0. The molecule has 3 rings (SSSR count). The van der Waals surface area contributed by atoms with E-state index in [0.717, 1.165) is 19.6 Å². The summed E-state index contributed by atoms with van der Waals surface area (Å²) in [7, 11) is 0. The summed E-state index contributed by atoms with van der Waals surface area (Å²) in [4.78, 5) is 2.48. The van der Waals surface area contributed by atoms with Crippen LogP contribution >= 0.6 is 0 Å². The van der Waals surface area contributed by atoms with E-state index in [0.29, 0.717) is 5.92 Å². The van der Waals surface area contributed by atoms with Crippen molar-refractivity contribution in [3.05, 3.63) is 71.5 Å². The molecule has 0 aliphatic carbocycles.